The van der Waals surface area contributed by atoms with E-state index in [1.54, 1.807) is 4.88 Å². The van der Waals surface area contributed by atoms with E-state index in [1.807, 2.05) is 16.4 Å². The van der Waals surface area contributed by atoms with Crippen molar-refractivity contribution in [3.8, 4) is 0 Å². The fourth-order valence-corrected chi connectivity index (χ4v) is 4.74. The van der Waals surface area contributed by atoms with Crippen LogP contribution in [0.15, 0.2) is 0 Å². The van der Waals surface area contributed by atoms with Crippen LogP contribution in [0.5, 0.6) is 0 Å². The maximum absolute atomic E-state index is 5.81. The molecule has 2 aromatic heterocycles. The first-order chi connectivity index (χ1) is 10.4. The van der Waals surface area contributed by atoms with Crippen LogP contribution in [0.25, 0.3) is 10.2 Å². The molecular weight excluding hydrogens is 282 g/mol. The molecule has 0 amide bonds. The monoisotopic (exact) mass is 301 g/mol. The summed E-state index contributed by atoms with van der Waals surface area (Å²) in [7, 11) is 0. The van der Waals surface area contributed by atoms with Gasteiger partial charge in [-0.3, -0.25) is 4.84 Å². The Morgan fingerprint density at radius 2 is 2.00 bits per heavy atom. The van der Waals surface area contributed by atoms with Crippen molar-refractivity contribution in [2.45, 2.75) is 50.9 Å². The minimum absolute atomic E-state index is 0.592. The van der Waals surface area contributed by atoms with E-state index in [-0.39, 0.29) is 0 Å². The molecule has 1 aliphatic heterocycles. The molecule has 0 atom stereocenters. The number of rotatable bonds is 2. The Hall–Kier alpha value is -1.20. The summed E-state index contributed by atoms with van der Waals surface area (Å²) in [6.07, 6.45) is 8.60. The van der Waals surface area contributed by atoms with Crippen LogP contribution < -0.4 is 5.06 Å². The Balaban J connectivity index is 1.74. The quantitative estimate of drug-likeness (QED) is 0.849. The van der Waals surface area contributed by atoms with Crippen LogP contribution in [0.2, 0.25) is 0 Å². The number of hydrogen-bond acceptors (Lipinski definition) is 5. The van der Waals surface area contributed by atoms with Crippen LogP contribution in [0.1, 0.15) is 54.3 Å². The lowest BCUT2D eigenvalue weighted by molar-refractivity contribution is 0.166. The van der Waals surface area contributed by atoms with Crippen molar-refractivity contribution in [1.29, 1.82) is 0 Å². The maximum Gasteiger partial charge on any atom is 0.165 e. The molecule has 0 unspecified atom stereocenters. The molecule has 3 heterocycles. The highest BCUT2D eigenvalue weighted by Gasteiger charge is 2.31. The summed E-state index contributed by atoms with van der Waals surface area (Å²) in [4.78, 5) is 18.4. The fraction of sp³-hybridized carbons (Fsp3) is 0.625. The van der Waals surface area contributed by atoms with Crippen molar-refractivity contribution in [2.24, 2.45) is 0 Å². The Kier molecular flexibility index (Phi) is 2.73. The summed E-state index contributed by atoms with van der Waals surface area (Å²) < 4.78 is 0. The first-order valence-electron chi connectivity index (χ1n) is 8.13. The lowest BCUT2D eigenvalue weighted by Crippen LogP contribution is -2.19. The zero-order valence-electron chi connectivity index (χ0n) is 12.1. The van der Waals surface area contributed by atoms with Gasteiger partial charge in [0.05, 0.1) is 12.0 Å². The maximum atomic E-state index is 5.81. The smallest absolute Gasteiger partial charge is 0.165 e. The Labute approximate surface area is 128 Å². The normalized spacial score (nSPS) is 22.0. The van der Waals surface area contributed by atoms with Gasteiger partial charge in [0, 0.05) is 17.3 Å². The molecule has 0 radical (unpaired) electrons. The summed E-state index contributed by atoms with van der Waals surface area (Å²) in [6, 6.07) is 0. The number of hydroxylamine groups is 1. The molecule has 21 heavy (non-hydrogen) atoms. The van der Waals surface area contributed by atoms with Crippen LogP contribution >= 0.6 is 11.3 Å². The third-order valence-corrected chi connectivity index (χ3v) is 5.93. The van der Waals surface area contributed by atoms with Gasteiger partial charge in [-0.15, -0.1) is 11.3 Å². The second-order valence-electron chi connectivity index (χ2n) is 6.36. The van der Waals surface area contributed by atoms with Crippen LogP contribution in [0.3, 0.4) is 0 Å². The van der Waals surface area contributed by atoms with Gasteiger partial charge < -0.3 is 0 Å². The van der Waals surface area contributed by atoms with E-state index in [4.69, 9.17) is 14.8 Å². The van der Waals surface area contributed by atoms with Crippen LogP contribution in [0.4, 0.5) is 5.82 Å². The van der Waals surface area contributed by atoms with E-state index in [1.165, 1.54) is 54.3 Å². The van der Waals surface area contributed by atoms with Gasteiger partial charge in [0.25, 0.3) is 0 Å². The molecule has 0 bridgehead atoms. The number of hydrogen-bond donors (Lipinski definition) is 0. The minimum atomic E-state index is 0.592. The summed E-state index contributed by atoms with van der Waals surface area (Å²) in [6.45, 7) is 1.78. The molecular formula is C16H19N3OS. The Morgan fingerprint density at radius 1 is 1.10 bits per heavy atom. The number of anilines is 1. The van der Waals surface area contributed by atoms with Crippen molar-refractivity contribution in [2.75, 3.05) is 18.2 Å². The molecule has 0 spiro atoms. The van der Waals surface area contributed by atoms with Gasteiger partial charge in [0.2, 0.25) is 0 Å². The predicted molar refractivity (Wildman–Crippen MR) is 83.9 cm³/mol. The van der Waals surface area contributed by atoms with Crippen molar-refractivity contribution in [3.05, 3.63) is 16.3 Å². The zero-order valence-corrected chi connectivity index (χ0v) is 12.9. The summed E-state index contributed by atoms with van der Waals surface area (Å²) in [5.41, 5.74) is 1.51. The van der Waals surface area contributed by atoms with Crippen molar-refractivity contribution < 1.29 is 4.84 Å². The lowest BCUT2D eigenvalue weighted by atomic mass is 9.97. The fourth-order valence-electron chi connectivity index (χ4n) is 3.47. The third-order valence-electron chi connectivity index (χ3n) is 4.74. The summed E-state index contributed by atoms with van der Waals surface area (Å²) in [5.74, 6) is 2.69. The summed E-state index contributed by atoms with van der Waals surface area (Å²) in [5, 5.41) is 3.32. The van der Waals surface area contributed by atoms with Crippen molar-refractivity contribution in [3.63, 3.8) is 0 Å². The van der Waals surface area contributed by atoms with Crippen LogP contribution in [-0.2, 0) is 17.7 Å². The predicted octanol–water partition coefficient (Wildman–Crippen LogP) is 3.59. The standard InChI is InChI=1S/C16H19N3OS/c1-2-5-12-11(4-1)13-15(19-8-3-9-20-19)17-14(10-6-7-10)18-16(13)21-12/h10H,1-9H2. The molecule has 110 valence electrons. The van der Waals surface area contributed by atoms with Gasteiger partial charge in [-0.2, -0.15) is 0 Å². The highest BCUT2D eigenvalue weighted by Crippen LogP contribution is 2.44. The molecule has 5 heteroatoms. The number of fused-ring (bicyclic) bond motifs is 3. The first kappa shape index (κ1) is 12.4. The Morgan fingerprint density at radius 3 is 2.81 bits per heavy atom. The minimum Gasteiger partial charge on any atom is -0.272 e. The molecule has 0 aromatic carbocycles. The van der Waals surface area contributed by atoms with Crippen molar-refractivity contribution >= 4 is 27.4 Å². The molecule has 2 aromatic rings. The van der Waals surface area contributed by atoms with Gasteiger partial charge in [-0.25, -0.2) is 15.0 Å². The van der Waals surface area contributed by atoms with E-state index >= 15 is 0 Å². The first-order valence-corrected chi connectivity index (χ1v) is 8.94. The third kappa shape index (κ3) is 1.98. The average molecular weight is 301 g/mol. The SMILES string of the molecule is C1CCc2c(sc3nc(C4CC4)nc(N4CCCO4)c23)C1. The van der Waals surface area contributed by atoms with E-state index in [0.717, 1.165) is 31.2 Å². The molecule has 4 nitrogen and oxygen atoms in total. The van der Waals surface area contributed by atoms with Crippen molar-refractivity contribution in [1.82, 2.24) is 9.97 Å². The number of aromatic nitrogens is 2. The lowest BCUT2D eigenvalue weighted by Gasteiger charge is -2.18. The van der Waals surface area contributed by atoms with E-state index in [0.29, 0.717) is 5.92 Å². The van der Waals surface area contributed by atoms with Gasteiger partial charge in [0.1, 0.15) is 10.7 Å². The molecule has 2 fully saturated rings. The van der Waals surface area contributed by atoms with E-state index in [2.05, 4.69) is 0 Å². The van der Waals surface area contributed by atoms with Gasteiger partial charge >= 0.3 is 0 Å². The number of thiophene rings is 1. The Bertz CT molecular complexity index is 701. The topological polar surface area (TPSA) is 38.2 Å². The molecule has 2 aliphatic carbocycles. The number of nitrogens with zero attached hydrogens (tertiary/aromatic N) is 3. The largest absolute Gasteiger partial charge is 0.272 e. The highest BCUT2D eigenvalue weighted by atomic mass is 32.1. The molecule has 3 aliphatic rings. The molecule has 0 N–H and O–H groups in total. The highest BCUT2D eigenvalue weighted by molar-refractivity contribution is 7.19. The second-order valence-corrected chi connectivity index (χ2v) is 7.44. The zero-order chi connectivity index (χ0) is 13.8. The van der Waals surface area contributed by atoms with Gasteiger partial charge in [-0.1, -0.05) is 0 Å². The van der Waals surface area contributed by atoms with Gasteiger partial charge in [-0.05, 0) is 50.5 Å². The molecule has 1 saturated carbocycles. The second kappa shape index (κ2) is 4.65. The van der Waals surface area contributed by atoms with Crippen LogP contribution in [0, 0.1) is 0 Å². The van der Waals surface area contributed by atoms with E-state index < -0.39 is 0 Å². The molecule has 1 saturated heterocycles. The number of aryl methyl sites for hydroxylation is 2. The van der Waals surface area contributed by atoms with Gasteiger partial charge in [0.15, 0.2) is 5.82 Å². The van der Waals surface area contributed by atoms with Crippen LogP contribution in [-0.4, -0.2) is 23.1 Å². The summed E-state index contributed by atoms with van der Waals surface area (Å²) >= 11 is 1.90. The average Bonchev–Trinajstić information content (AvgIpc) is 3.09. The van der Waals surface area contributed by atoms with E-state index in [9.17, 15) is 0 Å². The molecule has 5 rings (SSSR count).